The Labute approximate surface area is 126 Å². The van der Waals surface area contributed by atoms with E-state index in [0.717, 1.165) is 24.3 Å². The zero-order chi connectivity index (χ0) is 16.3. The maximum atomic E-state index is 12.1. The first-order valence-electron chi connectivity index (χ1n) is 6.10. The van der Waals surface area contributed by atoms with Gasteiger partial charge in [-0.25, -0.2) is 4.79 Å². The van der Waals surface area contributed by atoms with Crippen LogP contribution in [0.15, 0.2) is 53.4 Å². The second-order valence-electron chi connectivity index (χ2n) is 4.39. The monoisotopic (exact) mass is 321 g/mol. The molecule has 7 nitrogen and oxygen atoms in total. The fraction of sp³-hybridized carbons (Fsp3) is 0.0714. The number of aryl methyl sites for hydroxylation is 1. The summed E-state index contributed by atoms with van der Waals surface area (Å²) in [5.74, 6) is -1.10. The fourth-order valence-corrected chi connectivity index (χ4v) is 2.84. The first-order chi connectivity index (χ1) is 10.3. The number of non-ortho nitro benzene ring substituents is 1. The molecular weight excluding hydrogens is 310 g/mol. The van der Waals surface area contributed by atoms with Crippen molar-refractivity contribution in [2.24, 2.45) is 0 Å². The molecule has 0 spiro atoms. The number of carbonyl (C=O) groups excluding carboxylic acids is 1. The number of hydrogen-bond acceptors (Lipinski definition) is 6. The number of carbonyl (C=O) groups is 1. The Morgan fingerprint density at radius 2 is 1.68 bits per heavy atom. The summed E-state index contributed by atoms with van der Waals surface area (Å²) >= 11 is 0. The molecule has 0 aliphatic rings. The molecule has 0 fully saturated rings. The minimum Gasteiger partial charge on any atom is -0.338 e. The van der Waals surface area contributed by atoms with Gasteiger partial charge in [-0.15, -0.1) is 0 Å². The average molecular weight is 321 g/mol. The van der Waals surface area contributed by atoms with Crippen LogP contribution >= 0.6 is 0 Å². The van der Waals surface area contributed by atoms with Gasteiger partial charge >= 0.3 is 16.1 Å². The molecule has 0 aromatic heterocycles. The van der Waals surface area contributed by atoms with Crippen molar-refractivity contribution < 1.29 is 22.3 Å². The molecule has 0 heterocycles. The van der Waals surface area contributed by atoms with Gasteiger partial charge in [-0.1, -0.05) is 18.2 Å². The quantitative estimate of drug-likeness (QED) is 0.487. The van der Waals surface area contributed by atoms with Crippen LogP contribution in [0.25, 0.3) is 0 Å². The summed E-state index contributed by atoms with van der Waals surface area (Å²) < 4.78 is 28.7. The van der Waals surface area contributed by atoms with E-state index >= 15 is 0 Å². The smallest absolute Gasteiger partial charge is 0.338 e. The molecule has 0 N–H and O–H groups in total. The van der Waals surface area contributed by atoms with Gasteiger partial charge in [-0.2, -0.15) is 8.42 Å². The van der Waals surface area contributed by atoms with Crippen molar-refractivity contribution in [2.45, 2.75) is 11.8 Å². The van der Waals surface area contributed by atoms with Crippen LogP contribution in [-0.2, 0) is 14.3 Å². The van der Waals surface area contributed by atoms with E-state index in [-0.39, 0.29) is 16.1 Å². The normalized spacial score (nSPS) is 11.0. The second-order valence-corrected chi connectivity index (χ2v) is 5.91. The molecule has 0 saturated heterocycles. The Balaban J connectivity index is 2.24. The molecule has 0 amide bonds. The highest BCUT2D eigenvalue weighted by molar-refractivity contribution is 7.87. The van der Waals surface area contributed by atoms with Gasteiger partial charge in [-0.3, -0.25) is 10.1 Å². The predicted molar refractivity (Wildman–Crippen MR) is 76.9 cm³/mol. The maximum Gasteiger partial charge on any atom is 0.354 e. The lowest BCUT2D eigenvalue weighted by Gasteiger charge is -2.07. The van der Waals surface area contributed by atoms with E-state index < -0.39 is 21.0 Å². The van der Waals surface area contributed by atoms with Crippen molar-refractivity contribution >= 4 is 21.8 Å². The molecule has 2 rings (SSSR count). The van der Waals surface area contributed by atoms with Gasteiger partial charge in [0.25, 0.3) is 5.69 Å². The summed E-state index contributed by atoms with van der Waals surface area (Å²) in [7, 11) is -4.25. The minimum absolute atomic E-state index is 0.0947. The van der Waals surface area contributed by atoms with Crippen LogP contribution in [0.3, 0.4) is 0 Å². The van der Waals surface area contributed by atoms with Gasteiger partial charge in [0.05, 0.1) is 10.5 Å². The zero-order valence-electron chi connectivity index (χ0n) is 11.4. The number of nitro benzene ring substituents is 1. The zero-order valence-corrected chi connectivity index (χ0v) is 12.2. The molecule has 2 aromatic carbocycles. The number of nitrogens with zero attached hydrogens (tertiary/aromatic N) is 1. The van der Waals surface area contributed by atoms with Gasteiger partial charge < -0.3 is 4.18 Å². The summed E-state index contributed by atoms with van der Waals surface area (Å²) in [5, 5.41) is 10.5. The summed E-state index contributed by atoms with van der Waals surface area (Å²) in [5.41, 5.74) is 0.139. The van der Waals surface area contributed by atoms with E-state index in [1.807, 2.05) is 0 Å². The summed E-state index contributed by atoms with van der Waals surface area (Å²) in [6, 6.07) is 10.5. The Kier molecular flexibility index (Phi) is 4.22. The Bertz CT molecular complexity index is 827. The third-order valence-corrected chi connectivity index (χ3v) is 4.23. The van der Waals surface area contributed by atoms with Crippen LogP contribution in [0.5, 0.6) is 0 Å². The Morgan fingerprint density at radius 3 is 2.23 bits per heavy atom. The average Bonchev–Trinajstić information content (AvgIpc) is 2.47. The van der Waals surface area contributed by atoms with Gasteiger partial charge in [0.2, 0.25) is 0 Å². The van der Waals surface area contributed by atoms with E-state index in [1.54, 1.807) is 19.1 Å². The van der Waals surface area contributed by atoms with E-state index in [0.29, 0.717) is 5.56 Å². The van der Waals surface area contributed by atoms with Gasteiger partial charge in [-0.05, 0) is 30.7 Å². The first kappa shape index (κ1) is 15.6. The third-order valence-electron chi connectivity index (χ3n) is 2.86. The van der Waals surface area contributed by atoms with E-state index in [2.05, 4.69) is 4.18 Å². The van der Waals surface area contributed by atoms with Crippen molar-refractivity contribution in [3.05, 3.63) is 69.8 Å². The molecule has 8 heteroatoms. The molecule has 0 aliphatic carbocycles. The molecule has 2 aromatic rings. The lowest BCUT2D eigenvalue weighted by atomic mass is 10.2. The van der Waals surface area contributed by atoms with E-state index in [9.17, 15) is 23.3 Å². The van der Waals surface area contributed by atoms with E-state index in [4.69, 9.17) is 0 Å². The summed E-state index contributed by atoms with van der Waals surface area (Å²) in [6.07, 6.45) is 0. The summed E-state index contributed by atoms with van der Waals surface area (Å²) in [6.45, 7) is 1.58. The van der Waals surface area contributed by atoms with Crippen LogP contribution < -0.4 is 0 Å². The van der Waals surface area contributed by atoms with Crippen LogP contribution in [0.4, 0.5) is 5.69 Å². The number of rotatable bonds is 4. The van der Waals surface area contributed by atoms with Crippen LogP contribution in [0.1, 0.15) is 15.9 Å². The Hall–Kier alpha value is -2.74. The predicted octanol–water partition coefficient (Wildman–Crippen LogP) is 2.45. The molecular formula is C14H11NO6S. The van der Waals surface area contributed by atoms with Crippen molar-refractivity contribution in [3.63, 3.8) is 0 Å². The van der Waals surface area contributed by atoms with Crippen LogP contribution in [0.2, 0.25) is 0 Å². The highest BCUT2D eigenvalue weighted by Crippen LogP contribution is 2.19. The minimum atomic E-state index is -4.25. The summed E-state index contributed by atoms with van der Waals surface area (Å²) in [4.78, 5) is 21.6. The molecule has 0 bridgehead atoms. The van der Waals surface area contributed by atoms with Crippen molar-refractivity contribution in [3.8, 4) is 0 Å². The molecule has 0 atom stereocenters. The maximum absolute atomic E-state index is 12.1. The largest absolute Gasteiger partial charge is 0.354 e. The van der Waals surface area contributed by atoms with Crippen molar-refractivity contribution in [1.29, 1.82) is 0 Å². The SMILES string of the molecule is Cc1ccccc1S(=O)(=O)OC(=O)c1ccc([N+](=O)[O-])cc1. The molecule has 0 radical (unpaired) electrons. The highest BCUT2D eigenvalue weighted by atomic mass is 32.2. The first-order valence-corrected chi connectivity index (χ1v) is 7.51. The molecule has 0 unspecified atom stereocenters. The van der Waals surface area contributed by atoms with Crippen LogP contribution in [-0.4, -0.2) is 19.3 Å². The topological polar surface area (TPSA) is 104 Å². The number of hydrogen-bond donors (Lipinski definition) is 0. The second kappa shape index (κ2) is 5.94. The number of benzene rings is 2. The lowest BCUT2D eigenvalue weighted by Crippen LogP contribution is -2.14. The lowest BCUT2D eigenvalue weighted by molar-refractivity contribution is -0.384. The van der Waals surface area contributed by atoms with E-state index in [1.165, 1.54) is 12.1 Å². The van der Waals surface area contributed by atoms with Crippen molar-refractivity contribution in [2.75, 3.05) is 0 Å². The molecule has 22 heavy (non-hydrogen) atoms. The van der Waals surface area contributed by atoms with Crippen LogP contribution in [0, 0.1) is 17.0 Å². The molecule has 0 saturated carbocycles. The van der Waals surface area contributed by atoms with Gasteiger partial charge in [0.15, 0.2) is 0 Å². The highest BCUT2D eigenvalue weighted by Gasteiger charge is 2.23. The third kappa shape index (κ3) is 3.29. The number of nitro groups is 1. The molecule has 0 aliphatic heterocycles. The van der Waals surface area contributed by atoms with Crippen molar-refractivity contribution in [1.82, 2.24) is 0 Å². The fourth-order valence-electron chi connectivity index (χ4n) is 1.75. The van der Waals surface area contributed by atoms with Gasteiger partial charge in [0.1, 0.15) is 4.90 Å². The standard InChI is InChI=1S/C14H11NO6S/c1-10-4-2-3-5-13(10)22(19,20)21-14(16)11-6-8-12(9-7-11)15(17)18/h2-9H,1H3. The molecule has 114 valence electrons. The van der Waals surface area contributed by atoms with Gasteiger partial charge in [0, 0.05) is 12.1 Å². The Morgan fingerprint density at radius 1 is 1.09 bits per heavy atom.